The fourth-order valence-corrected chi connectivity index (χ4v) is 2.46. The molecule has 1 heterocycles. The summed E-state index contributed by atoms with van der Waals surface area (Å²) < 4.78 is 11.1. The number of aliphatic imine (C=N–C) groups is 1. The minimum Gasteiger partial charge on any atom is -0.477 e. The van der Waals surface area contributed by atoms with E-state index in [1.807, 2.05) is 46.8 Å². The molecule has 1 aliphatic carbocycles. The molecule has 0 bridgehead atoms. The average molecular weight is 406 g/mol. The standard InChI is InChI=1S/C21H35N5O3/c1-20(2,3)29-19(27)26-21(4,5)14-25-18(22-6)24-12-16-9-10-23-17(11-16)28-13-15-7-8-15/h9-11,15H,7-8,12-14H2,1-6H3,(H,26,27)(H2,22,24,25). The number of nitrogens with zero attached hydrogens (tertiary/aromatic N) is 2. The van der Waals surface area contributed by atoms with Crippen LogP contribution in [0, 0.1) is 5.92 Å². The highest BCUT2D eigenvalue weighted by Crippen LogP contribution is 2.29. The van der Waals surface area contributed by atoms with Crippen LogP contribution in [0.4, 0.5) is 4.79 Å². The van der Waals surface area contributed by atoms with Crippen molar-refractivity contribution in [2.45, 2.75) is 65.1 Å². The van der Waals surface area contributed by atoms with Gasteiger partial charge in [0, 0.05) is 32.4 Å². The van der Waals surface area contributed by atoms with Gasteiger partial charge in [0.15, 0.2) is 5.96 Å². The molecule has 0 aromatic carbocycles. The molecular weight excluding hydrogens is 370 g/mol. The molecule has 0 atom stereocenters. The van der Waals surface area contributed by atoms with Gasteiger partial charge in [-0.1, -0.05) is 0 Å². The van der Waals surface area contributed by atoms with Gasteiger partial charge in [0.05, 0.1) is 12.1 Å². The van der Waals surface area contributed by atoms with Crippen molar-refractivity contribution in [2.24, 2.45) is 10.9 Å². The Labute approximate surface area is 173 Å². The van der Waals surface area contributed by atoms with Gasteiger partial charge in [-0.15, -0.1) is 0 Å². The molecule has 0 spiro atoms. The van der Waals surface area contributed by atoms with Crippen LogP contribution in [0.5, 0.6) is 5.88 Å². The molecule has 3 N–H and O–H groups in total. The molecule has 1 fully saturated rings. The normalized spacial score (nSPS) is 14.9. The highest BCUT2D eigenvalue weighted by molar-refractivity contribution is 5.79. The minimum atomic E-state index is -0.531. The Kier molecular flexibility index (Phi) is 7.70. The van der Waals surface area contributed by atoms with Crippen molar-refractivity contribution in [3.8, 4) is 5.88 Å². The van der Waals surface area contributed by atoms with Gasteiger partial charge in [-0.05, 0) is 65.0 Å². The molecule has 1 aromatic rings. The van der Waals surface area contributed by atoms with E-state index in [2.05, 4.69) is 25.9 Å². The van der Waals surface area contributed by atoms with Crippen molar-refractivity contribution in [3.63, 3.8) is 0 Å². The molecule has 2 rings (SSSR count). The monoisotopic (exact) mass is 405 g/mol. The number of amides is 1. The fraction of sp³-hybridized carbons (Fsp3) is 0.667. The summed E-state index contributed by atoms with van der Waals surface area (Å²) in [6.45, 7) is 11.2. The third-order valence-electron chi connectivity index (χ3n) is 4.18. The lowest BCUT2D eigenvalue weighted by Crippen LogP contribution is -2.54. The van der Waals surface area contributed by atoms with E-state index in [9.17, 15) is 4.79 Å². The van der Waals surface area contributed by atoms with Crippen molar-refractivity contribution in [2.75, 3.05) is 20.2 Å². The van der Waals surface area contributed by atoms with Crippen LogP contribution < -0.4 is 20.7 Å². The van der Waals surface area contributed by atoms with Crippen LogP contribution in [0.1, 0.15) is 53.0 Å². The second kappa shape index (κ2) is 9.80. The van der Waals surface area contributed by atoms with E-state index in [1.165, 1.54) is 12.8 Å². The van der Waals surface area contributed by atoms with E-state index in [1.54, 1.807) is 13.2 Å². The van der Waals surface area contributed by atoms with Crippen molar-refractivity contribution in [1.29, 1.82) is 0 Å². The predicted molar refractivity (Wildman–Crippen MR) is 114 cm³/mol. The maximum atomic E-state index is 12.0. The van der Waals surface area contributed by atoms with E-state index in [4.69, 9.17) is 9.47 Å². The van der Waals surface area contributed by atoms with E-state index >= 15 is 0 Å². The summed E-state index contributed by atoms with van der Waals surface area (Å²) in [5, 5.41) is 9.37. The van der Waals surface area contributed by atoms with Crippen LogP contribution in [0.15, 0.2) is 23.3 Å². The number of alkyl carbamates (subject to hydrolysis) is 1. The van der Waals surface area contributed by atoms with Gasteiger partial charge in [-0.25, -0.2) is 9.78 Å². The number of pyridine rings is 1. The van der Waals surface area contributed by atoms with E-state index in [-0.39, 0.29) is 0 Å². The van der Waals surface area contributed by atoms with Gasteiger partial charge in [-0.3, -0.25) is 4.99 Å². The number of carbonyl (C=O) groups excluding carboxylic acids is 1. The van der Waals surface area contributed by atoms with E-state index in [0.29, 0.717) is 30.8 Å². The quantitative estimate of drug-likeness (QED) is 0.455. The first-order chi connectivity index (χ1) is 13.6. The zero-order valence-electron chi connectivity index (χ0n) is 18.5. The Morgan fingerprint density at radius 3 is 2.59 bits per heavy atom. The maximum Gasteiger partial charge on any atom is 0.408 e. The van der Waals surface area contributed by atoms with Crippen molar-refractivity contribution >= 4 is 12.1 Å². The van der Waals surface area contributed by atoms with E-state index < -0.39 is 17.2 Å². The van der Waals surface area contributed by atoms with Gasteiger partial charge in [0.1, 0.15) is 5.60 Å². The summed E-state index contributed by atoms with van der Waals surface area (Å²) in [6.07, 6.45) is 3.82. The van der Waals surface area contributed by atoms with Crippen LogP contribution >= 0.6 is 0 Å². The fourth-order valence-electron chi connectivity index (χ4n) is 2.46. The summed E-state index contributed by atoms with van der Waals surface area (Å²) in [5.74, 6) is 1.99. The molecule has 162 valence electrons. The number of nitrogens with one attached hydrogen (secondary N) is 3. The van der Waals surface area contributed by atoms with Crippen molar-refractivity contribution < 1.29 is 14.3 Å². The summed E-state index contributed by atoms with van der Waals surface area (Å²) in [5.41, 5.74) is 0.0112. The number of carbonyl (C=O) groups is 1. The predicted octanol–water partition coefficient (Wildman–Crippen LogP) is 2.84. The maximum absolute atomic E-state index is 12.0. The van der Waals surface area contributed by atoms with Crippen molar-refractivity contribution in [1.82, 2.24) is 20.9 Å². The molecule has 8 heteroatoms. The lowest BCUT2D eigenvalue weighted by molar-refractivity contribution is 0.0474. The molecule has 1 aromatic heterocycles. The highest BCUT2D eigenvalue weighted by Gasteiger charge is 2.25. The average Bonchev–Trinajstić information content (AvgIpc) is 3.42. The van der Waals surface area contributed by atoms with Gasteiger partial charge in [-0.2, -0.15) is 0 Å². The second-order valence-corrected chi connectivity index (χ2v) is 9.05. The summed E-state index contributed by atoms with van der Waals surface area (Å²) >= 11 is 0. The second-order valence-electron chi connectivity index (χ2n) is 9.05. The first kappa shape index (κ1) is 22.8. The number of hydrogen-bond donors (Lipinski definition) is 3. The van der Waals surface area contributed by atoms with Crippen LogP contribution in [0.3, 0.4) is 0 Å². The lowest BCUT2D eigenvalue weighted by atomic mass is 10.1. The topological polar surface area (TPSA) is 96.9 Å². The largest absolute Gasteiger partial charge is 0.477 e. The first-order valence-corrected chi connectivity index (χ1v) is 10.1. The Balaban J connectivity index is 1.78. The number of aromatic nitrogens is 1. The Hall–Kier alpha value is -2.51. The van der Waals surface area contributed by atoms with Gasteiger partial charge >= 0.3 is 6.09 Å². The van der Waals surface area contributed by atoms with Crippen LogP contribution in [-0.2, 0) is 11.3 Å². The van der Waals surface area contributed by atoms with E-state index in [0.717, 1.165) is 12.2 Å². The number of hydrogen-bond acceptors (Lipinski definition) is 5. The molecule has 1 saturated carbocycles. The lowest BCUT2D eigenvalue weighted by Gasteiger charge is -2.29. The van der Waals surface area contributed by atoms with Crippen molar-refractivity contribution in [3.05, 3.63) is 23.9 Å². The molecule has 0 radical (unpaired) electrons. The summed E-state index contributed by atoms with van der Waals surface area (Å²) in [6, 6.07) is 3.88. The molecule has 29 heavy (non-hydrogen) atoms. The summed E-state index contributed by atoms with van der Waals surface area (Å²) in [4.78, 5) is 20.5. The highest BCUT2D eigenvalue weighted by atomic mass is 16.6. The van der Waals surface area contributed by atoms with Gasteiger partial charge < -0.3 is 25.4 Å². The first-order valence-electron chi connectivity index (χ1n) is 10.1. The molecule has 1 amide bonds. The third kappa shape index (κ3) is 9.49. The minimum absolute atomic E-state index is 0.442. The Morgan fingerprint density at radius 1 is 1.24 bits per heavy atom. The SMILES string of the molecule is CN=C(NCc1ccnc(OCC2CC2)c1)NCC(C)(C)NC(=O)OC(C)(C)C. The number of ether oxygens (including phenoxy) is 2. The van der Waals surface area contributed by atoms with Gasteiger partial charge in [0.2, 0.25) is 5.88 Å². The zero-order chi connectivity index (χ0) is 21.5. The molecular formula is C21H35N5O3. The number of rotatable bonds is 8. The molecule has 0 saturated heterocycles. The molecule has 8 nitrogen and oxygen atoms in total. The van der Waals surface area contributed by atoms with Crippen LogP contribution in [0.25, 0.3) is 0 Å². The summed E-state index contributed by atoms with van der Waals surface area (Å²) in [7, 11) is 1.71. The Morgan fingerprint density at radius 2 is 1.97 bits per heavy atom. The smallest absolute Gasteiger partial charge is 0.408 e. The molecule has 0 unspecified atom stereocenters. The van der Waals surface area contributed by atoms with Crippen LogP contribution in [-0.4, -0.2) is 48.4 Å². The zero-order valence-corrected chi connectivity index (χ0v) is 18.5. The third-order valence-corrected chi connectivity index (χ3v) is 4.18. The number of guanidine groups is 1. The Bertz CT molecular complexity index is 709. The van der Waals surface area contributed by atoms with Gasteiger partial charge in [0.25, 0.3) is 0 Å². The molecule has 0 aliphatic heterocycles. The molecule has 1 aliphatic rings. The van der Waals surface area contributed by atoms with Crippen LogP contribution in [0.2, 0.25) is 0 Å².